The van der Waals surface area contributed by atoms with Gasteiger partial charge in [-0.15, -0.1) is 0 Å². The predicted octanol–water partition coefficient (Wildman–Crippen LogP) is 4.65. The molecule has 0 aliphatic carbocycles. The largest absolute Gasteiger partial charge is 0.351 e. The molecular formula is C11H32NO3PSi3. The van der Waals surface area contributed by atoms with E-state index in [-0.39, 0.29) is 5.78 Å². The van der Waals surface area contributed by atoms with E-state index in [4.69, 9.17) is 8.43 Å². The summed E-state index contributed by atoms with van der Waals surface area (Å²) in [4.78, 5) is 3.48. The molecule has 0 aromatic carbocycles. The maximum atomic E-state index is 13.2. The van der Waals surface area contributed by atoms with Gasteiger partial charge in [-0.2, -0.15) is 0 Å². The van der Waals surface area contributed by atoms with Crippen LogP contribution in [-0.2, 0) is 13.0 Å². The van der Waals surface area contributed by atoms with Crippen molar-refractivity contribution in [1.82, 2.24) is 4.98 Å². The first kappa shape index (κ1) is 19.8. The Balaban J connectivity index is 5.22. The van der Waals surface area contributed by atoms with Crippen LogP contribution in [0.5, 0.6) is 0 Å². The summed E-state index contributed by atoms with van der Waals surface area (Å²) in [5.74, 6) is -0.238. The van der Waals surface area contributed by atoms with Crippen molar-refractivity contribution in [3.8, 4) is 0 Å². The molecule has 0 aliphatic heterocycles. The van der Waals surface area contributed by atoms with Crippen LogP contribution in [0.25, 0.3) is 0 Å². The fourth-order valence-electron chi connectivity index (χ4n) is 1.65. The Morgan fingerprint density at radius 1 is 0.842 bits per heavy atom. The summed E-state index contributed by atoms with van der Waals surface area (Å²) < 4.78 is 25.2. The number of hydrogen-bond donors (Lipinski definition) is 1. The molecule has 0 saturated carbocycles. The van der Waals surface area contributed by atoms with Gasteiger partial charge in [-0.25, -0.2) is 0 Å². The molecule has 1 N–H and O–H groups in total. The van der Waals surface area contributed by atoms with Crippen molar-refractivity contribution in [2.24, 2.45) is 0 Å². The van der Waals surface area contributed by atoms with Gasteiger partial charge in [-0.1, -0.05) is 19.6 Å². The lowest BCUT2D eigenvalue weighted by molar-refractivity contribution is 0.367. The summed E-state index contributed by atoms with van der Waals surface area (Å²) in [5, 5.41) is 0. The van der Waals surface area contributed by atoms with E-state index in [2.05, 4.69) is 63.9 Å². The fourth-order valence-corrected chi connectivity index (χ4v) is 12.6. The van der Waals surface area contributed by atoms with Gasteiger partial charge < -0.3 is 13.4 Å². The average Bonchev–Trinajstić information content (AvgIpc) is 1.91. The van der Waals surface area contributed by atoms with Crippen molar-refractivity contribution in [1.29, 1.82) is 0 Å². The van der Waals surface area contributed by atoms with E-state index in [0.717, 1.165) is 0 Å². The topological polar surface area (TPSA) is 47.6 Å². The van der Waals surface area contributed by atoms with Gasteiger partial charge in [0.15, 0.2) is 16.6 Å². The minimum absolute atomic E-state index is 0.238. The highest BCUT2D eigenvalue weighted by atomic mass is 31.2. The maximum absolute atomic E-state index is 13.2. The lowest BCUT2D eigenvalue weighted by Crippen LogP contribution is -2.48. The van der Waals surface area contributed by atoms with E-state index in [1.807, 2.05) is 6.92 Å². The number of rotatable bonds is 7. The molecular weight excluding hydrogens is 309 g/mol. The minimum atomic E-state index is -3.10. The summed E-state index contributed by atoms with van der Waals surface area (Å²) in [6, 6.07) is 0. The highest BCUT2D eigenvalue weighted by molar-refractivity contribution is 7.57. The zero-order valence-corrected chi connectivity index (χ0v) is 18.1. The van der Waals surface area contributed by atoms with Crippen molar-refractivity contribution in [3.63, 3.8) is 0 Å². The Bertz CT molecular complexity index is 325. The van der Waals surface area contributed by atoms with Crippen LogP contribution >= 0.6 is 7.60 Å². The molecule has 1 unspecified atom stereocenters. The van der Waals surface area contributed by atoms with Gasteiger partial charge in [-0.05, 0) is 46.2 Å². The average molecular weight is 342 g/mol. The van der Waals surface area contributed by atoms with Gasteiger partial charge >= 0.3 is 7.60 Å². The van der Waals surface area contributed by atoms with Crippen LogP contribution in [-0.4, -0.2) is 30.7 Å². The van der Waals surface area contributed by atoms with Crippen molar-refractivity contribution in [2.45, 2.75) is 71.6 Å². The molecule has 0 fully saturated rings. The predicted molar refractivity (Wildman–Crippen MR) is 92.4 cm³/mol. The Morgan fingerprint density at radius 2 is 1.16 bits per heavy atom. The lowest BCUT2D eigenvalue weighted by Gasteiger charge is -2.37. The molecule has 8 heteroatoms. The molecule has 0 heterocycles. The summed E-state index contributed by atoms with van der Waals surface area (Å²) in [6.07, 6.45) is 0. The lowest BCUT2D eigenvalue weighted by atomic mass is 10.8. The molecule has 19 heavy (non-hydrogen) atoms. The second kappa shape index (κ2) is 6.25. The standard InChI is InChI=1S/C11H32NO3PSi3/c1-11(12-17(2,3)4)16(13,14-18(5,6)7)15-19(8,9)10/h11-12H,1-10H3. The number of hydrogen-bond acceptors (Lipinski definition) is 4. The summed E-state index contributed by atoms with van der Waals surface area (Å²) in [7, 11) is -8.48. The second-order valence-electron chi connectivity index (χ2n) is 8.02. The van der Waals surface area contributed by atoms with Crippen molar-refractivity contribution in [3.05, 3.63) is 0 Å². The Morgan fingerprint density at radius 3 is 1.37 bits per heavy atom. The van der Waals surface area contributed by atoms with Gasteiger partial charge in [0.1, 0.15) is 8.24 Å². The Kier molecular flexibility index (Phi) is 6.50. The monoisotopic (exact) mass is 341 g/mol. The van der Waals surface area contributed by atoms with Crippen molar-refractivity contribution < 1.29 is 13.0 Å². The normalized spacial score (nSPS) is 16.5. The van der Waals surface area contributed by atoms with Gasteiger partial charge in [-0.3, -0.25) is 4.57 Å². The third-order valence-corrected chi connectivity index (χ3v) is 11.0. The minimum Gasteiger partial charge on any atom is -0.351 e. The molecule has 0 radical (unpaired) electrons. The maximum Gasteiger partial charge on any atom is 0.327 e. The van der Waals surface area contributed by atoms with Crippen LogP contribution in [0.15, 0.2) is 0 Å². The molecule has 0 aliphatic rings. The zero-order chi connectivity index (χ0) is 15.7. The van der Waals surface area contributed by atoms with E-state index in [0.29, 0.717) is 0 Å². The molecule has 116 valence electrons. The first-order chi connectivity index (χ1) is 8.04. The smallest absolute Gasteiger partial charge is 0.327 e. The van der Waals surface area contributed by atoms with E-state index in [9.17, 15) is 4.57 Å². The van der Waals surface area contributed by atoms with E-state index < -0.39 is 32.5 Å². The molecule has 0 amide bonds. The summed E-state index contributed by atoms with van der Waals surface area (Å²) in [6.45, 7) is 20.8. The quantitative estimate of drug-likeness (QED) is 0.541. The van der Waals surface area contributed by atoms with Crippen LogP contribution < -0.4 is 4.98 Å². The van der Waals surface area contributed by atoms with Gasteiger partial charge in [0, 0.05) is 0 Å². The molecule has 0 aromatic heterocycles. The van der Waals surface area contributed by atoms with E-state index >= 15 is 0 Å². The van der Waals surface area contributed by atoms with Gasteiger partial charge in [0.2, 0.25) is 0 Å². The van der Waals surface area contributed by atoms with Gasteiger partial charge in [0.05, 0.1) is 5.78 Å². The first-order valence-corrected chi connectivity index (χ1v) is 18.8. The molecule has 0 saturated heterocycles. The fraction of sp³-hybridized carbons (Fsp3) is 1.00. The molecule has 0 spiro atoms. The zero-order valence-electron chi connectivity index (χ0n) is 14.2. The third-order valence-electron chi connectivity index (χ3n) is 1.92. The molecule has 1 atom stereocenters. The summed E-state index contributed by atoms with van der Waals surface area (Å²) in [5.41, 5.74) is 0. The SMILES string of the molecule is CC(N[Si](C)(C)C)P(=O)(O[Si](C)(C)C)O[Si](C)(C)C. The van der Waals surface area contributed by atoms with Crippen LogP contribution in [0.2, 0.25) is 58.9 Å². The van der Waals surface area contributed by atoms with E-state index in [1.54, 1.807) is 0 Å². The molecule has 4 nitrogen and oxygen atoms in total. The van der Waals surface area contributed by atoms with Gasteiger partial charge in [0.25, 0.3) is 0 Å². The number of nitrogens with one attached hydrogen (secondary N) is 1. The van der Waals surface area contributed by atoms with Crippen molar-refractivity contribution >= 4 is 32.5 Å². The van der Waals surface area contributed by atoms with Crippen molar-refractivity contribution in [2.75, 3.05) is 0 Å². The molecule has 0 rings (SSSR count). The Hall–Kier alpha value is 0.761. The highest BCUT2D eigenvalue weighted by Crippen LogP contribution is 2.56. The molecule has 0 aromatic rings. The first-order valence-electron chi connectivity index (χ1n) is 6.83. The van der Waals surface area contributed by atoms with Crippen LogP contribution in [0.3, 0.4) is 0 Å². The highest BCUT2D eigenvalue weighted by Gasteiger charge is 2.42. The van der Waals surface area contributed by atoms with Crippen LogP contribution in [0, 0.1) is 0 Å². The van der Waals surface area contributed by atoms with E-state index in [1.165, 1.54) is 0 Å². The Labute approximate surface area is 122 Å². The second-order valence-corrected chi connectivity index (χ2v) is 24.6. The third kappa shape index (κ3) is 9.33. The summed E-state index contributed by atoms with van der Waals surface area (Å²) >= 11 is 0. The molecule has 0 bridgehead atoms. The van der Waals surface area contributed by atoms with Crippen LogP contribution in [0.4, 0.5) is 0 Å². The van der Waals surface area contributed by atoms with Crippen LogP contribution in [0.1, 0.15) is 6.92 Å².